The Morgan fingerprint density at radius 2 is 1.81 bits per heavy atom. The zero-order valence-electron chi connectivity index (χ0n) is 33.7. The third-order valence-electron chi connectivity index (χ3n) is 11.0. The van der Waals surface area contributed by atoms with E-state index in [1.54, 1.807) is 35.0 Å². The minimum absolute atomic E-state index is 0.0437. The molecule has 7 atom stereocenters. The van der Waals surface area contributed by atoms with E-state index in [9.17, 15) is 19.6 Å². The molecule has 2 aromatic carbocycles. The van der Waals surface area contributed by atoms with E-state index in [4.69, 9.17) is 42.6 Å². The van der Waals surface area contributed by atoms with Crippen molar-refractivity contribution in [1.29, 1.82) is 5.26 Å². The number of nitrogens with one attached hydrogen (secondary N) is 1. The lowest BCUT2D eigenvalue weighted by Crippen LogP contribution is -2.69. The first-order valence-corrected chi connectivity index (χ1v) is 20.0. The molecule has 0 saturated carbocycles. The topological polar surface area (TPSA) is 177 Å². The number of benzene rings is 2. The van der Waals surface area contributed by atoms with E-state index in [0.717, 1.165) is 16.7 Å². The Bertz CT molecular complexity index is 1980. The van der Waals surface area contributed by atoms with Gasteiger partial charge < -0.3 is 47.9 Å². The molecule has 2 saturated heterocycles. The molecular formula is C40H50N4O12S. The van der Waals surface area contributed by atoms with Crippen LogP contribution >= 0.6 is 11.8 Å². The standard InChI is InChI=1S/C40H50N4O12S/c1-19-12-22-13-24-25(14-41)44-26-15-51-38(46)23(42-39(47)56-40(4,5)6)16-57-37(29-28(26)36-34(53-18-54-36)20(2)33(29)55-21(3)45)31(44)30(43(24)7)27(22)35(32(19)49-9)52-17-50-11-10-48-8/h12,23-26,30-31,37H,10-11,13,15-18H2,1-9H3,(H,42,47)/t23?,24-,25-,26+,30+,31?,37+/m0/s1. The van der Waals surface area contributed by atoms with Crippen molar-refractivity contribution in [3.63, 3.8) is 0 Å². The molecule has 5 aliphatic rings. The molecule has 1 amide bonds. The van der Waals surface area contributed by atoms with Gasteiger partial charge in [-0.05, 0) is 59.2 Å². The van der Waals surface area contributed by atoms with E-state index < -0.39 is 59.1 Å². The molecule has 5 aliphatic heterocycles. The second-order valence-electron chi connectivity index (χ2n) is 15.7. The summed E-state index contributed by atoms with van der Waals surface area (Å²) in [7, 11) is 5.21. The quantitative estimate of drug-likeness (QED) is 0.163. The predicted octanol–water partition coefficient (Wildman–Crippen LogP) is 4.42. The van der Waals surface area contributed by atoms with Crippen LogP contribution in [0.15, 0.2) is 6.07 Å². The van der Waals surface area contributed by atoms with Crippen molar-refractivity contribution < 1.29 is 57.0 Å². The van der Waals surface area contributed by atoms with Crippen LogP contribution in [-0.4, -0.2) is 118 Å². The maximum absolute atomic E-state index is 13.9. The van der Waals surface area contributed by atoms with E-state index in [2.05, 4.69) is 27.3 Å². The largest absolute Gasteiger partial charge is 0.493 e. The number of likely N-dealkylation sites (N-methyl/N-ethyl adjacent to an activating group) is 1. The zero-order valence-corrected chi connectivity index (χ0v) is 34.5. The molecule has 0 aliphatic carbocycles. The second kappa shape index (κ2) is 16.1. The first kappa shape index (κ1) is 40.7. The fourth-order valence-electron chi connectivity index (χ4n) is 8.94. The van der Waals surface area contributed by atoms with Crippen molar-refractivity contribution in [3.05, 3.63) is 39.4 Å². The van der Waals surface area contributed by atoms with Crippen molar-refractivity contribution in [2.75, 3.05) is 60.4 Å². The summed E-state index contributed by atoms with van der Waals surface area (Å²) in [4.78, 5) is 44.3. The van der Waals surface area contributed by atoms with Gasteiger partial charge in [-0.3, -0.25) is 14.6 Å². The number of alkyl carbamates (subject to hydrolysis) is 1. The number of carbonyl (C=O) groups is 3. The summed E-state index contributed by atoms with van der Waals surface area (Å²) in [6.45, 7) is 10.7. The molecule has 57 heavy (non-hydrogen) atoms. The molecule has 1 N–H and O–H groups in total. The Kier molecular flexibility index (Phi) is 11.5. The number of rotatable bonds is 9. The maximum Gasteiger partial charge on any atom is 0.408 e. The number of carbonyl (C=O) groups excluding carboxylic acids is 3. The summed E-state index contributed by atoms with van der Waals surface area (Å²) < 4.78 is 53.4. The summed E-state index contributed by atoms with van der Waals surface area (Å²) in [6, 6.07) is 0.905. The summed E-state index contributed by atoms with van der Waals surface area (Å²) in [5, 5.41) is 13.3. The fourth-order valence-corrected chi connectivity index (χ4v) is 10.4. The van der Waals surface area contributed by atoms with Gasteiger partial charge in [0.25, 0.3) is 0 Å². The molecule has 7 rings (SSSR count). The van der Waals surface area contributed by atoms with Crippen LogP contribution in [0, 0.1) is 25.2 Å². The smallest absolute Gasteiger partial charge is 0.408 e. The summed E-state index contributed by atoms with van der Waals surface area (Å²) in [5.74, 6) is 1.11. The Balaban J connectivity index is 1.46. The number of nitriles is 1. The number of hydrogen-bond donors (Lipinski definition) is 1. The lowest BCUT2D eigenvalue weighted by atomic mass is 9.71. The number of nitrogens with zero attached hydrogens (tertiary/aromatic N) is 3. The van der Waals surface area contributed by atoms with Gasteiger partial charge in [-0.2, -0.15) is 5.26 Å². The van der Waals surface area contributed by atoms with Gasteiger partial charge in [-0.1, -0.05) is 6.07 Å². The van der Waals surface area contributed by atoms with Crippen molar-refractivity contribution in [2.24, 2.45) is 0 Å². The van der Waals surface area contributed by atoms with Gasteiger partial charge in [0, 0.05) is 54.1 Å². The van der Waals surface area contributed by atoms with Crippen LogP contribution in [-0.2, 0) is 35.0 Å². The number of thioether (sulfide) groups is 1. The molecule has 5 heterocycles. The fraction of sp³-hybridized carbons (Fsp3) is 0.600. The average Bonchev–Trinajstić information content (AvgIpc) is 3.63. The minimum Gasteiger partial charge on any atom is -0.493 e. The van der Waals surface area contributed by atoms with E-state index in [1.165, 1.54) is 18.7 Å². The molecule has 2 aromatic rings. The van der Waals surface area contributed by atoms with Crippen molar-refractivity contribution in [2.45, 2.75) is 95.1 Å². The number of cyclic esters (lactones) is 1. The molecule has 2 unspecified atom stereocenters. The van der Waals surface area contributed by atoms with Gasteiger partial charge >= 0.3 is 18.0 Å². The third kappa shape index (κ3) is 7.31. The number of ether oxygens (including phenoxy) is 9. The normalized spacial score (nSPS) is 26.2. The Labute approximate surface area is 336 Å². The van der Waals surface area contributed by atoms with Gasteiger partial charge in [-0.15, -0.1) is 11.8 Å². The maximum atomic E-state index is 13.9. The molecule has 308 valence electrons. The van der Waals surface area contributed by atoms with Crippen molar-refractivity contribution >= 4 is 29.8 Å². The SMILES string of the molecule is COCCOCOc1c(OC)c(C)cc2c1[C@@H]1C3[C@@H]4SCC(NC(=O)OC(C)(C)C)C(=O)OC[C@H](c5c6c(c(C)c(OC(C)=O)c54)OCO6)N3[C@@H](C#N)[C@H](C2)N1C. The van der Waals surface area contributed by atoms with Crippen LogP contribution in [0.3, 0.4) is 0 Å². The van der Waals surface area contributed by atoms with Crippen LogP contribution in [0.25, 0.3) is 0 Å². The Morgan fingerprint density at radius 3 is 2.49 bits per heavy atom. The third-order valence-corrected chi connectivity index (χ3v) is 12.4. The number of piperazine rings is 1. The molecule has 17 heteroatoms. The molecule has 4 bridgehead atoms. The van der Waals surface area contributed by atoms with E-state index in [1.807, 2.05) is 20.9 Å². The van der Waals surface area contributed by atoms with E-state index in [0.29, 0.717) is 65.1 Å². The summed E-state index contributed by atoms with van der Waals surface area (Å²) in [5.41, 5.74) is 3.79. The summed E-state index contributed by atoms with van der Waals surface area (Å²) in [6.07, 6.45) is -0.254. The molecule has 16 nitrogen and oxygen atoms in total. The number of methoxy groups -OCH3 is 2. The molecule has 0 spiro atoms. The van der Waals surface area contributed by atoms with Crippen LogP contribution in [0.5, 0.6) is 28.7 Å². The highest BCUT2D eigenvalue weighted by atomic mass is 32.2. The number of fused-ring (bicyclic) bond motifs is 9. The van der Waals surface area contributed by atoms with Gasteiger partial charge in [0.1, 0.15) is 30.0 Å². The van der Waals surface area contributed by atoms with Crippen LogP contribution in [0.1, 0.15) is 78.4 Å². The first-order chi connectivity index (χ1) is 27.2. The van der Waals surface area contributed by atoms with Gasteiger partial charge in [0.2, 0.25) is 6.79 Å². The Morgan fingerprint density at radius 1 is 1.05 bits per heavy atom. The minimum atomic E-state index is -1.10. The number of hydrogen-bond acceptors (Lipinski definition) is 16. The Hall–Kier alpha value is -4.47. The monoisotopic (exact) mass is 810 g/mol. The zero-order chi connectivity index (χ0) is 40.9. The molecule has 0 aromatic heterocycles. The number of aryl methyl sites for hydroxylation is 1. The van der Waals surface area contributed by atoms with Crippen molar-refractivity contribution in [1.82, 2.24) is 15.1 Å². The number of esters is 2. The highest BCUT2D eigenvalue weighted by Crippen LogP contribution is 2.64. The van der Waals surface area contributed by atoms with Crippen LogP contribution < -0.4 is 29.0 Å². The number of amides is 1. The van der Waals surface area contributed by atoms with E-state index in [-0.39, 0.29) is 32.0 Å². The highest BCUT2D eigenvalue weighted by molar-refractivity contribution is 7.99. The lowest BCUT2D eigenvalue weighted by Gasteiger charge is -2.61. The predicted molar refractivity (Wildman–Crippen MR) is 205 cm³/mol. The van der Waals surface area contributed by atoms with Crippen LogP contribution in [0.2, 0.25) is 0 Å². The molecule has 2 fully saturated rings. The van der Waals surface area contributed by atoms with Gasteiger partial charge in [0.15, 0.2) is 29.8 Å². The molecule has 0 radical (unpaired) electrons. The van der Waals surface area contributed by atoms with Gasteiger partial charge in [0.05, 0.1) is 43.7 Å². The summed E-state index contributed by atoms with van der Waals surface area (Å²) >= 11 is 1.39. The molecular weight excluding hydrogens is 761 g/mol. The average molecular weight is 811 g/mol. The van der Waals surface area contributed by atoms with Crippen molar-refractivity contribution in [3.8, 4) is 34.8 Å². The van der Waals surface area contributed by atoms with E-state index >= 15 is 0 Å². The van der Waals surface area contributed by atoms with Gasteiger partial charge in [-0.25, -0.2) is 9.59 Å². The highest BCUT2D eigenvalue weighted by Gasteiger charge is 2.61. The first-order valence-electron chi connectivity index (χ1n) is 18.9. The lowest BCUT2D eigenvalue weighted by molar-refractivity contribution is -0.151. The van der Waals surface area contributed by atoms with Crippen LogP contribution in [0.4, 0.5) is 4.79 Å². The second-order valence-corrected chi connectivity index (χ2v) is 16.9.